The Balaban J connectivity index is 2.50. The van der Waals surface area contributed by atoms with Crippen molar-refractivity contribution in [3.05, 3.63) is 69.2 Å². The molecule has 0 aliphatic carbocycles. The fourth-order valence-electron chi connectivity index (χ4n) is 2.49. The van der Waals surface area contributed by atoms with Gasteiger partial charge in [0.05, 0.1) is 6.04 Å². The Morgan fingerprint density at radius 1 is 0.895 bits per heavy atom. The summed E-state index contributed by atoms with van der Waals surface area (Å²) < 4.78 is 0. The predicted molar refractivity (Wildman–Crippen MR) is 83.0 cm³/mol. The number of nitrogens with one attached hydrogen (secondary N) is 1. The highest BCUT2D eigenvalue weighted by Gasteiger charge is 2.16. The fraction of sp³-hybridized carbons (Fsp3) is 0.294. The molecule has 1 N–H and O–H groups in total. The molecule has 0 aromatic heterocycles. The summed E-state index contributed by atoms with van der Waals surface area (Å²) in [5, 5.41) is 4.19. The Kier molecular flexibility index (Phi) is 4.28. The molecule has 1 atom stereocenters. The molecule has 0 radical (unpaired) electrons. The van der Waals surface area contributed by atoms with Crippen molar-refractivity contribution in [3.63, 3.8) is 0 Å². The highest BCUT2D eigenvalue weighted by molar-refractivity contribution is 6.31. The molecule has 0 spiro atoms. The average molecular weight is 274 g/mol. The van der Waals surface area contributed by atoms with Crippen molar-refractivity contribution in [1.82, 2.24) is 5.32 Å². The maximum absolute atomic E-state index is 6.40. The van der Waals surface area contributed by atoms with Gasteiger partial charge in [-0.05, 0) is 56.1 Å². The molecular formula is C17H20ClN. The second-order valence-electron chi connectivity index (χ2n) is 5.11. The average Bonchev–Trinajstić information content (AvgIpc) is 2.34. The molecule has 0 saturated carbocycles. The first kappa shape index (κ1) is 14.1. The van der Waals surface area contributed by atoms with E-state index in [2.05, 4.69) is 56.4 Å². The van der Waals surface area contributed by atoms with Crippen LogP contribution in [0.2, 0.25) is 5.02 Å². The van der Waals surface area contributed by atoms with E-state index < -0.39 is 0 Å². The molecule has 2 rings (SSSR count). The first-order valence-electron chi connectivity index (χ1n) is 6.53. The highest BCUT2D eigenvalue weighted by atomic mass is 35.5. The van der Waals surface area contributed by atoms with E-state index >= 15 is 0 Å². The van der Waals surface area contributed by atoms with Crippen LogP contribution in [-0.2, 0) is 0 Å². The van der Waals surface area contributed by atoms with Gasteiger partial charge < -0.3 is 5.32 Å². The van der Waals surface area contributed by atoms with Crippen molar-refractivity contribution in [3.8, 4) is 0 Å². The van der Waals surface area contributed by atoms with E-state index in [1.54, 1.807) is 0 Å². The zero-order chi connectivity index (χ0) is 14.0. The van der Waals surface area contributed by atoms with Crippen molar-refractivity contribution < 1.29 is 0 Å². The zero-order valence-electron chi connectivity index (χ0n) is 11.9. The van der Waals surface area contributed by atoms with Crippen LogP contribution in [0.15, 0.2) is 36.4 Å². The summed E-state index contributed by atoms with van der Waals surface area (Å²) >= 11 is 6.40. The van der Waals surface area contributed by atoms with E-state index in [-0.39, 0.29) is 6.04 Å². The number of rotatable bonds is 3. The Labute approximate surface area is 120 Å². The molecule has 19 heavy (non-hydrogen) atoms. The van der Waals surface area contributed by atoms with Gasteiger partial charge in [-0.15, -0.1) is 0 Å². The Hall–Kier alpha value is -1.31. The van der Waals surface area contributed by atoms with Crippen molar-refractivity contribution in [2.75, 3.05) is 7.05 Å². The van der Waals surface area contributed by atoms with E-state index in [0.717, 1.165) is 10.6 Å². The van der Waals surface area contributed by atoms with Gasteiger partial charge in [-0.2, -0.15) is 0 Å². The second-order valence-corrected chi connectivity index (χ2v) is 5.51. The van der Waals surface area contributed by atoms with Crippen LogP contribution in [0.5, 0.6) is 0 Å². The van der Waals surface area contributed by atoms with Crippen LogP contribution in [-0.4, -0.2) is 7.05 Å². The minimum Gasteiger partial charge on any atom is -0.309 e. The minimum atomic E-state index is 0.133. The number of aryl methyl sites for hydroxylation is 3. The molecule has 0 fully saturated rings. The summed E-state index contributed by atoms with van der Waals surface area (Å²) in [7, 11) is 1.97. The predicted octanol–water partition coefficient (Wildman–Crippen LogP) is 4.57. The van der Waals surface area contributed by atoms with Gasteiger partial charge in [0.1, 0.15) is 0 Å². The number of benzene rings is 2. The molecule has 1 unspecified atom stereocenters. The largest absolute Gasteiger partial charge is 0.309 e. The van der Waals surface area contributed by atoms with Crippen LogP contribution in [0.1, 0.15) is 33.9 Å². The first-order chi connectivity index (χ1) is 9.02. The normalized spacial score (nSPS) is 12.5. The summed E-state index contributed by atoms with van der Waals surface area (Å²) in [4.78, 5) is 0. The van der Waals surface area contributed by atoms with Crippen LogP contribution >= 0.6 is 11.6 Å². The van der Waals surface area contributed by atoms with Gasteiger partial charge in [-0.25, -0.2) is 0 Å². The number of halogens is 1. The smallest absolute Gasteiger partial charge is 0.0591 e. The third-order valence-corrected chi connectivity index (χ3v) is 3.82. The lowest BCUT2D eigenvalue weighted by atomic mass is 9.93. The minimum absolute atomic E-state index is 0.133. The molecule has 0 bridgehead atoms. The maximum Gasteiger partial charge on any atom is 0.0591 e. The van der Waals surface area contributed by atoms with Gasteiger partial charge in [0.2, 0.25) is 0 Å². The molecule has 0 amide bonds. The van der Waals surface area contributed by atoms with Gasteiger partial charge in [-0.3, -0.25) is 0 Å². The summed E-state index contributed by atoms with van der Waals surface area (Å²) in [6, 6.07) is 12.9. The topological polar surface area (TPSA) is 12.0 Å². The van der Waals surface area contributed by atoms with Crippen LogP contribution in [0.4, 0.5) is 0 Å². The molecule has 2 heteroatoms. The summed E-state index contributed by atoms with van der Waals surface area (Å²) in [6.07, 6.45) is 0. The molecule has 2 aromatic rings. The van der Waals surface area contributed by atoms with Crippen LogP contribution in [0.25, 0.3) is 0 Å². The van der Waals surface area contributed by atoms with Crippen LogP contribution in [0.3, 0.4) is 0 Å². The number of hydrogen-bond donors (Lipinski definition) is 1. The van der Waals surface area contributed by atoms with Gasteiger partial charge in [0.25, 0.3) is 0 Å². The standard InChI is InChI=1S/C17H20ClN/c1-11-5-7-14(13(3)9-11)17(19-4)15-8-6-12(2)10-16(15)18/h5-10,17,19H,1-4H3. The van der Waals surface area contributed by atoms with Crippen molar-refractivity contribution in [2.24, 2.45) is 0 Å². The molecule has 0 aliphatic heterocycles. The third kappa shape index (κ3) is 2.99. The van der Waals surface area contributed by atoms with Crippen molar-refractivity contribution in [2.45, 2.75) is 26.8 Å². The SMILES string of the molecule is CNC(c1ccc(C)cc1C)c1ccc(C)cc1Cl. The Morgan fingerprint density at radius 2 is 1.47 bits per heavy atom. The molecule has 0 aliphatic rings. The lowest BCUT2D eigenvalue weighted by Gasteiger charge is -2.21. The van der Waals surface area contributed by atoms with E-state index in [1.807, 2.05) is 13.1 Å². The summed E-state index contributed by atoms with van der Waals surface area (Å²) in [5.74, 6) is 0. The molecular weight excluding hydrogens is 254 g/mol. The molecule has 0 saturated heterocycles. The molecule has 100 valence electrons. The van der Waals surface area contributed by atoms with E-state index in [4.69, 9.17) is 11.6 Å². The Morgan fingerprint density at radius 3 is 2.00 bits per heavy atom. The summed E-state index contributed by atoms with van der Waals surface area (Å²) in [6.45, 7) is 6.32. The zero-order valence-corrected chi connectivity index (χ0v) is 12.7. The molecule has 2 aromatic carbocycles. The Bertz CT molecular complexity index is 538. The van der Waals surface area contributed by atoms with Crippen molar-refractivity contribution in [1.29, 1.82) is 0 Å². The van der Waals surface area contributed by atoms with Crippen molar-refractivity contribution >= 4 is 11.6 Å². The lowest BCUT2D eigenvalue weighted by Crippen LogP contribution is -2.19. The van der Waals surface area contributed by atoms with E-state index in [1.165, 1.54) is 22.3 Å². The monoisotopic (exact) mass is 273 g/mol. The number of hydrogen-bond acceptors (Lipinski definition) is 1. The van der Waals surface area contributed by atoms with Gasteiger partial charge in [0.15, 0.2) is 0 Å². The van der Waals surface area contributed by atoms with Gasteiger partial charge >= 0.3 is 0 Å². The first-order valence-corrected chi connectivity index (χ1v) is 6.91. The van der Waals surface area contributed by atoms with Crippen LogP contribution in [0, 0.1) is 20.8 Å². The van der Waals surface area contributed by atoms with Gasteiger partial charge in [0, 0.05) is 5.02 Å². The van der Waals surface area contributed by atoms with E-state index in [9.17, 15) is 0 Å². The quantitative estimate of drug-likeness (QED) is 0.863. The summed E-state index contributed by atoms with van der Waals surface area (Å²) in [5.41, 5.74) is 6.16. The fourth-order valence-corrected chi connectivity index (χ4v) is 2.84. The lowest BCUT2D eigenvalue weighted by molar-refractivity contribution is 0.687. The van der Waals surface area contributed by atoms with Crippen LogP contribution < -0.4 is 5.32 Å². The maximum atomic E-state index is 6.40. The second kappa shape index (κ2) is 5.77. The highest BCUT2D eigenvalue weighted by Crippen LogP contribution is 2.30. The molecule has 1 nitrogen and oxygen atoms in total. The third-order valence-electron chi connectivity index (χ3n) is 3.49. The van der Waals surface area contributed by atoms with Gasteiger partial charge in [-0.1, -0.05) is 47.5 Å². The van der Waals surface area contributed by atoms with E-state index in [0.29, 0.717) is 0 Å². The molecule has 0 heterocycles.